The predicted octanol–water partition coefficient (Wildman–Crippen LogP) is 17.3. The van der Waals surface area contributed by atoms with Crippen LogP contribution in [0.4, 0.5) is 0 Å². The first-order chi connectivity index (χ1) is 35.1. The normalized spacial score (nSPS) is 11.2. The van der Waals surface area contributed by atoms with Gasteiger partial charge < -0.3 is 24.8 Å². The summed E-state index contributed by atoms with van der Waals surface area (Å²) in [5.74, 6) is 4.79. The van der Waals surface area contributed by atoms with E-state index in [1.807, 2.05) is 0 Å². The maximum Gasteiger partial charge on any atom is -0.0303 e. The molecule has 78 heavy (non-hydrogen) atoms. The van der Waals surface area contributed by atoms with Crippen LogP contribution in [0.1, 0.15) is 247 Å². The van der Waals surface area contributed by atoms with Gasteiger partial charge in [-0.2, -0.15) is 24.3 Å². The van der Waals surface area contributed by atoms with Crippen molar-refractivity contribution in [1.82, 2.24) is 0 Å². The van der Waals surface area contributed by atoms with E-state index in [4.69, 9.17) is 0 Å². The minimum Gasteiger partial charge on any atom is -1.00 e. The van der Waals surface area contributed by atoms with E-state index in [-0.39, 0.29) is 35.7 Å². The summed E-state index contributed by atoms with van der Waals surface area (Å²) in [5, 5.41) is 11.7. The van der Waals surface area contributed by atoms with E-state index in [9.17, 15) is 0 Å². The Morgan fingerprint density at radius 3 is 0.513 bits per heavy atom. The van der Waals surface area contributed by atoms with Gasteiger partial charge in [-0.1, -0.05) is 235 Å². The first-order valence-electron chi connectivity index (χ1n) is 29.0. The molecule has 0 nitrogen and oxygen atoms in total. The van der Waals surface area contributed by atoms with Crippen molar-refractivity contribution in [2.75, 3.05) is 0 Å². The average molecular weight is 1280 g/mol. The summed E-state index contributed by atoms with van der Waals surface area (Å²) < 4.78 is 0. The Kier molecular flexibility index (Phi) is 31.2. The third-order valence-electron chi connectivity index (χ3n) is 14.9. The summed E-state index contributed by atoms with van der Waals surface area (Å²) in [7, 11) is 0. The Hall–Kier alpha value is -1.90. The molecule has 0 saturated carbocycles. The van der Waals surface area contributed by atoms with Crippen LogP contribution in [-0.4, -0.2) is 10.9 Å². The van der Waals surface area contributed by atoms with Gasteiger partial charge in [0.15, 0.2) is 0 Å². The molecule has 0 radical (unpaired) electrons. The van der Waals surface area contributed by atoms with Crippen LogP contribution in [0.2, 0.25) is 26.2 Å². The van der Waals surface area contributed by atoms with Gasteiger partial charge in [0.25, 0.3) is 0 Å². The molecule has 0 aromatic heterocycles. The molecule has 0 unspecified atom stereocenters. The molecule has 0 aliphatic carbocycles. The fourth-order valence-corrected chi connectivity index (χ4v) is 11.2. The number of rotatable bonds is 8. The number of benzene rings is 4. The van der Waals surface area contributed by atoms with Gasteiger partial charge in [0.05, 0.1) is 0 Å². The minimum atomic E-state index is 0. The zero-order valence-corrected chi connectivity index (χ0v) is 62.7. The molecular formula is C72H104Cl2Si2Zr2-2. The van der Waals surface area contributed by atoms with Crippen molar-refractivity contribution in [3.63, 3.8) is 0 Å². The monoisotopic (exact) mass is 1270 g/mol. The van der Waals surface area contributed by atoms with E-state index >= 15 is 0 Å². The molecule has 424 valence electrons. The minimum absolute atomic E-state index is 0. The molecule has 0 bridgehead atoms. The first kappa shape index (κ1) is 74.1. The van der Waals surface area contributed by atoms with Crippen LogP contribution in [0.25, 0.3) is 43.1 Å². The second kappa shape index (κ2) is 32.8. The van der Waals surface area contributed by atoms with Crippen LogP contribution >= 0.6 is 0 Å². The first-order valence-corrected chi connectivity index (χ1v) is 41.3. The van der Waals surface area contributed by atoms with Crippen LogP contribution in [0, 0.1) is 55.4 Å². The summed E-state index contributed by atoms with van der Waals surface area (Å²) in [6.07, 6.45) is 0. The number of hydrogen-bond donors (Lipinski definition) is 0. The predicted molar refractivity (Wildman–Crippen MR) is 344 cm³/mol. The van der Waals surface area contributed by atoms with Crippen molar-refractivity contribution in [1.29, 1.82) is 0 Å². The molecular weight excluding hydrogens is 1170 g/mol. The summed E-state index contributed by atoms with van der Waals surface area (Å²) in [4.78, 5) is 0. The second-order valence-corrected chi connectivity index (χ2v) is 44.1. The molecule has 0 amide bonds. The van der Waals surface area contributed by atoms with Crippen LogP contribution in [0.3, 0.4) is 0 Å². The van der Waals surface area contributed by atoms with Gasteiger partial charge in [-0.3, -0.25) is 0 Å². The summed E-state index contributed by atoms with van der Waals surface area (Å²) in [5.41, 5.74) is 23.8. The molecule has 8 aromatic carbocycles. The molecule has 0 aliphatic rings. The molecule has 6 heteroatoms. The number of aryl methyl sites for hydroxylation is 8. The van der Waals surface area contributed by atoms with Crippen LogP contribution in [0.15, 0.2) is 72.8 Å². The Morgan fingerprint density at radius 2 is 0.397 bits per heavy atom. The Labute approximate surface area is 521 Å². The van der Waals surface area contributed by atoms with E-state index in [1.165, 1.54) is 132 Å². The topological polar surface area (TPSA) is 0 Å². The summed E-state index contributed by atoms with van der Waals surface area (Å²) in [6.45, 7) is 63.7. The van der Waals surface area contributed by atoms with Crippen LogP contribution in [-0.2, 0) is 46.7 Å². The zero-order valence-electron chi connectivity index (χ0n) is 54.3. The van der Waals surface area contributed by atoms with Gasteiger partial charge in [0.1, 0.15) is 0 Å². The third kappa shape index (κ3) is 19.6. The molecule has 8 rings (SSSR count). The SMILES string of the molecule is C[Si](C)=[Zr+2].C[Si](C)=[Zr+2].Cc1cc2c(C(C)C)cc(C(C)C)c(C)c2[cH-]1.Cc1cc2c(C(C)C)cc(C(C)C)c(C)c2[cH-]1.Cc1cc2c(C(C)C)cc(C(C)C)c(C)c2[cH-]1.Cc1cc2c(C(C)C)cc(C(C)C)c(C)c2[cH-]1.[Cl-].[Cl-]. The summed E-state index contributed by atoms with van der Waals surface area (Å²) in [6, 6.07) is 28.4. The molecule has 0 fully saturated rings. The van der Waals surface area contributed by atoms with Crippen molar-refractivity contribution in [2.24, 2.45) is 0 Å². The Morgan fingerprint density at radius 1 is 0.269 bits per heavy atom. The average Bonchev–Trinajstić information content (AvgIpc) is 4.08. The van der Waals surface area contributed by atoms with Crippen molar-refractivity contribution in [2.45, 2.75) is 240 Å². The fourth-order valence-electron chi connectivity index (χ4n) is 11.2. The Balaban J connectivity index is 0.000000492. The van der Waals surface area contributed by atoms with Gasteiger partial charge in [-0.05, 0) is 47.3 Å². The van der Waals surface area contributed by atoms with E-state index in [0.717, 1.165) is 0 Å². The maximum absolute atomic E-state index is 2.42. The van der Waals surface area contributed by atoms with Crippen molar-refractivity contribution >= 4 is 54.0 Å². The molecule has 0 atom stereocenters. The van der Waals surface area contributed by atoms with Gasteiger partial charge in [-0.15, -0.1) is 112 Å². The number of halogens is 2. The van der Waals surface area contributed by atoms with Gasteiger partial charge in [0, 0.05) is 0 Å². The van der Waals surface area contributed by atoms with E-state index in [0.29, 0.717) is 47.3 Å². The largest absolute Gasteiger partial charge is 1.00 e. The number of hydrogen-bond acceptors (Lipinski definition) is 0. The van der Waals surface area contributed by atoms with Crippen LogP contribution < -0.4 is 24.8 Å². The smallest absolute Gasteiger partial charge is 0.0303 e. The number of fused-ring (bicyclic) bond motifs is 4. The van der Waals surface area contributed by atoms with E-state index in [1.54, 1.807) is 46.7 Å². The standard InChI is InChI=1S/4C17H23.2C2H6Si.2ClH.2Zr/c4*1-10(2)14-9-15(11(3)4)17-8-12(5)7-16(17)13(14)6;2*1-3-2;;;;/h4*7-11H,1-6H3;2*1-2H3;2*1H;;/q4*-1;;;;;2*+2/p-2. The zero-order chi connectivity index (χ0) is 58.1. The molecule has 0 N–H and O–H groups in total. The van der Waals surface area contributed by atoms with E-state index in [2.05, 4.69) is 265 Å². The molecule has 0 saturated heterocycles. The molecule has 0 heterocycles. The molecule has 0 spiro atoms. The van der Waals surface area contributed by atoms with Crippen molar-refractivity contribution in [3.05, 3.63) is 162 Å². The molecule has 0 aliphatic heterocycles. The quantitative estimate of drug-likeness (QED) is 0.105. The fraction of sp³-hybridized carbons (Fsp3) is 0.500. The third-order valence-corrected chi connectivity index (χ3v) is 14.9. The second-order valence-electron chi connectivity index (χ2n) is 25.4. The van der Waals surface area contributed by atoms with Crippen LogP contribution in [0.5, 0.6) is 0 Å². The Bertz CT molecular complexity index is 2790. The van der Waals surface area contributed by atoms with E-state index < -0.39 is 0 Å². The maximum atomic E-state index is 2.42. The molecule has 8 aromatic rings. The van der Waals surface area contributed by atoms with Gasteiger partial charge in [-0.25, -0.2) is 0 Å². The van der Waals surface area contributed by atoms with Gasteiger partial charge >= 0.3 is 83.7 Å². The summed E-state index contributed by atoms with van der Waals surface area (Å²) >= 11 is 3.48. The van der Waals surface area contributed by atoms with Gasteiger partial charge in [0.2, 0.25) is 0 Å². The van der Waals surface area contributed by atoms with Crippen molar-refractivity contribution < 1.29 is 71.5 Å². The van der Waals surface area contributed by atoms with Crippen molar-refractivity contribution in [3.8, 4) is 0 Å².